The quantitative estimate of drug-likeness (QED) is 0.402. The highest BCUT2D eigenvalue weighted by molar-refractivity contribution is 6.30. The Bertz CT molecular complexity index is 1230. The second kappa shape index (κ2) is 11.6. The molecule has 0 spiro atoms. The number of nitrogens with zero attached hydrogens (tertiary/aromatic N) is 2. The zero-order valence-corrected chi connectivity index (χ0v) is 21.3. The lowest BCUT2D eigenvalue weighted by molar-refractivity contribution is -0.136. The monoisotopic (exact) mass is 510 g/mol. The lowest BCUT2D eigenvalue weighted by atomic mass is 9.81. The van der Waals surface area contributed by atoms with Crippen molar-refractivity contribution in [2.75, 3.05) is 24.2 Å². The Morgan fingerprint density at radius 3 is 2.47 bits per heavy atom. The van der Waals surface area contributed by atoms with Gasteiger partial charge < -0.3 is 20.0 Å². The summed E-state index contributed by atoms with van der Waals surface area (Å²) in [6.07, 6.45) is 6.06. The minimum absolute atomic E-state index is 0.00251. The molecule has 1 aliphatic rings. The van der Waals surface area contributed by atoms with Crippen LogP contribution in [-0.4, -0.2) is 41.2 Å². The SMILES string of the molecule is CCCCN(C)C(=O)[C@H]1CC[C@H](C(=O)Nc2c(C(=O)Nc3ccc(Cl)cn3)oc3ccccc23)CC1. The Labute approximate surface area is 215 Å². The van der Waals surface area contributed by atoms with Crippen molar-refractivity contribution in [2.45, 2.75) is 45.4 Å². The minimum atomic E-state index is -0.527. The van der Waals surface area contributed by atoms with Crippen molar-refractivity contribution in [2.24, 2.45) is 11.8 Å². The van der Waals surface area contributed by atoms with Gasteiger partial charge in [0.05, 0.1) is 5.02 Å². The van der Waals surface area contributed by atoms with Crippen LogP contribution in [0.4, 0.5) is 11.5 Å². The number of pyridine rings is 1. The van der Waals surface area contributed by atoms with Gasteiger partial charge in [0.15, 0.2) is 0 Å². The van der Waals surface area contributed by atoms with E-state index in [2.05, 4.69) is 22.5 Å². The predicted octanol–water partition coefficient (Wildman–Crippen LogP) is 5.74. The number of amides is 3. The Balaban J connectivity index is 1.45. The van der Waals surface area contributed by atoms with Crippen LogP contribution < -0.4 is 10.6 Å². The summed E-state index contributed by atoms with van der Waals surface area (Å²) in [5.41, 5.74) is 0.825. The summed E-state index contributed by atoms with van der Waals surface area (Å²) in [5.74, 6) is -0.503. The van der Waals surface area contributed by atoms with Crippen molar-refractivity contribution in [3.8, 4) is 0 Å². The smallest absolute Gasteiger partial charge is 0.294 e. The summed E-state index contributed by atoms with van der Waals surface area (Å²) in [6, 6.07) is 10.4. The maximum absolute atomic E-state index is 13.2. The number of hydrogen-bond donors (Lipinski definition) is 2. The third-order valence-corrected chi connectivity index (χ3v) is 6.91. The number of hydrogen-bond acceptors (Lipinski definition) is 5. The number of rotatable bonds is 8. The van der Waals surface area contributed by atoms with E-state index < -0.39 is 5.91 Å². The summed E-state index contributed by atoms with van der Waals surface area (Å²) in [5, 5.41) is 6.72. The zero-order valence-electron chi connectivity index (χ0n) is 20.6. The van der Waals surface area contributed by atoms with E-state index in [9.17, 15) is 14.4 Å². The van der Waals surface area contributed by atoms with Gasteiger partial charge in [-0.2, -0.15) is 0 Å². The Hall–Kier alpha value is -3.39. The number of carbonyl (C=O) groups is 3. The highest BCUT2D eigenvalue weighted by Crippen LogP contribution is 2.35. The zero-order chi connectivity index (χ0) is 25.7. The number of aromatic nitrogens is 1. The molecule has 0 radical (unpaired) electrons. The number of carbonyl (C=O) groups excluding carboxylic acids is 3. The molecular weight excluding hydrogens is 480 g/mol. The average Bonchev–Trinajstić information content (AvgIpc) is 3.26. The molecule has 0 atom stereocenters. The van der Waals surface area contributed by atoms with Crippen molar-refractivity contribution >= 4 is 51.8 Å². The van der Waals surface area contributed by atoms with Crippen LogP contribution in [0.1, 0.15) is 56.0 Å². The van der Waals surface area contributed by atoms with Crippen molar-refractivity contribution in [1.82, 2.24) is 9.88 Å². The van der Waals surface area contributed by atoms with Gasteiger partial charge in [-0.3, -0.25) is 14.4 Å². The number of fused-ring (bicyclic) bond motifs is 1. The first kappa shape index (κ1) is 25.7. The first-order valence-electron chi connectivity index (χ1n) is 12.4. The van der Waals surface area contributed by atoms with E-state index in [4.69, 9.17) is 16.0 Å². The van der Waals surface area contributed by atoms with Gasteiger partial charge in [-0.15, -0.1) is 0 Å². The molecule has 9 heteroatoms. The van der Waals surface area contributed by atoms with E-state index in [0.29, 0.717) is 53.2 Å². The fraction of sp³-hybridized carbons (Fsp3) is 0.407. The van der Waals surface area contributed by atoms with E-state index in [0.717, 1.165) is 19.4 Å². The molecule has 3 aromatic rings. The highest BCUT2D eigenvalue weighted by atomic mass is 35.5. The summed E-state index contributed by atoms with van der Waals surface area (Å²) >= 11 is 5.87. The van der Waals surface area contributed by atoms with Crippen molar-refractivity contribution in [1.29, 1.82) is 0 Å². The molecule has 0 aliphatic heterocycles. The molecule has 4 rings (SSSR count). The number of benzene rings is 1. The van der Waals surface area contributed by atoms with Crippen LogP contribution in [0.5, 0.6) is 0 Å². The fourth-order valence-corrected chi connectivity index (χ4v) is 4.71. The van der Waals surface area contributed by atoms with Gasteiger partial charge in [-0.1, -0.05) is 37.1 Å². The van der Waals surface area contributed by atoms with E-state index in [-0.39, 0.29) is 29.4 Å². The van der Waals surface area contributed by atoms with Gasteiger partial charge in [-0.05, 0) is 56.4 Å². The number of halogens is 1. The summed E-state index contributed by atoms with van der Waals surface area (Å²) < 4.78 is 5.82. The number of para-hydroxylation sites is 1. The molecule has 3 amide bonds. The maximum Gasteiger partial charge on any atom is 0.294 e. The number of unbranched alkanes of at least 4 members (excludes halogenated alkanes) is 1. The molecule has 8 nitrogen and oxygen atoms in total. The molecule has 1 aliphatic carbocycles. The Morgan fingerprint density at radius 2 is 1.78 bits per heavy atom. The van der Waals surface area contributed by atoms with Crippen LogP contribution in [0.15, 0.2) is 47.0 Å². The standard InChI is InChI=1S/C27H31ClN4O4/c1-3-4-15-32(2)27(35)18-11-9-17(10-12-18)25(33)31-23-20-7-5-6-8-21(20)36-24(23)26(34)30-22-14-13-19(28)16-29-22/h5-8,13-14,16-18H,3-4,9-12,15H2,1-2H3,(H,31,33)(H,29,30,34)/t17-,18-. The van der Waals surface area contributed by atoms with Crippen LogP contribution in [0, 0.1) is 11.8 Å². The fourth-order valence-electron chi connectivity index (χ4n) is 4.60. The number of nitrogens with one attached hydrogen (secondary N) is 2. The highest BCUT2D eigenvalue weighted by Gasteiger charge is 2.32. The second-order valence-corrected chi connectivity index (χ2v) is 9.71. The molecule has 190 valence electrons. The third kappa shape index (κ3) is 5.87. The molecule has 1 saturated carbocycles. The van der Waals surface area contributed by atoms with Gasteiger partial charge in [0, 0.05) is 37.0 Å². The van der Waals surface area contributed by atoms with Crippen molar-refractivity contribution < 1.29 is 18.8 Å². The van der Waals surface area contributed by atoms with Crippen LogP contribution in [0.3, 0.4) is 0 Å². The van der Waals surface area contributed by atoms with Crippen LogP contribution in [0.2, 0.25) is 5.02 Å². The van der Waals surface area contributed by atoms with E-state index in [1.165, 1.54) is 6.20 Å². The molecule has 36 heavy (non-hydrogen) atoms. The second-order valence-electron chi connectivity index (χ2n) is 9.27. The molecule has 2 heterocycles. The molecule has 2 aromatic heterocycles. The van der Waals surface area contributed by atoms with Crippen LogP contribution >= 0.6 is 11.6 Å². The molecular formula is C27H31ClN4O4. The van der Waals surface area contributed by atoms with Crippen molar-refractivity contribution in [3.05, 3.63) is 53.4 Å². The van der Waals surface area contributed by atoms with Crippen LogP contribution in [0.25, 0.3) is 11.0 Å². The van der Waals surface area contributed by atoms with Gasteiger partial charge >= 0.3 is 0 Å². The van der Waals surface area contributed by atoms with E-state index in [1.54, 1.807) is 30.3 Å². The molecule has 1 aromatic carbocycles. The topological polar surface area (TPSA) is 105 Å². The summed E-state index contributed by atoms with van der Waals surface area (Å²) in [6.45, 7) is 2.87. The predicted molar refractivity (Wildman–Crippen MR) is 140 cm³/mol. The Morgan fingerprint density at radius 1 is 1.06 bits per heavy atom. The molecule has 2 N–H and O–H groups in total. The number of anilines is 2. The lowest BCUT2D eigenvalue weighted by Crippen LogP contribution is -2.37. The first-order chi connectivity index (χ1) is 17.4. The Kier molecular flexibility index (Phi) is 8.25. The molecule has 0 saturated heterocycles. The summed E-state index contributed by atoms with van der Waals surface area (Å²) in [4.78, 5) is 44.9. The molecule has 0 unspecified atom stereocenters. The van der Waals surface area contributed by atoms with Gasteiger partial charge in [0.25, 0.3) is 5.91 Å². The van der Waals surface area contributed by atoms with Crippen LogP contribution in [-0.2, 0) is 9.59 Å². The van der Waals surface area contributed by atoms with Gasteiger partial charge in [0.2, 0.25) is 17.6 Å². The van der Waals surface area contributed by atoms with Gasteiger partial charge in [-0.25, -0.2) is 4.98 Å². The largest absolute Gasteiger partial charge is 0.449 e. The minimum Gasteiger partial charge on any atom is -0.449 e. The number of furan rings is 1. The summed E-state index contributed by atoms with van der Waals surface area (Å²) in [7, 11) is 1.85. The van der Waals surface area contributed by atoms with Crippen molar-refractivity contribution in [3.63, 3.8) is 0 Å². The van der Waals surface area contributed by atoms with Gasteiger partial charge in [0.1, 0.15) is 17.1 Å². The lowest BCUT2D eigenvalue weighted by Gasteiger charge is -2.30. The third-order valence-electron chi connectivity index (χ3n) is 6.69. The first-order valence-corrected chi connectivity index (χ1v) is 12.8. The van der Waals surface area contributed by atoms with E-state index in [1.807, 2.05) is 18.0 Å². The average molecular weight is 511 g/mol. The normalized spacial score (nSPS) is 17.5. The van der Waals surface area contributed by atoms with E-state index >= 15 is 0 Å². The molecule has 1 fully saturated rings. The molecule has 0 bridgehead atoms. The maximum atomic E-state index is 13.2.